The molecular weight excluding hydrogens is 500 g/mol. The Balaban J connectivity index is 1.55. The van der Waals surface area contributed by atoms with E-state index in [2.05, 4.69) is 170 Å². The van der Waals surface area contributed by atoms with Crippen LogP contribution in [0.3, 0.4) is 0 Å². The van der Waals surface area contributed by atoms with Gasteiger partial charge in [0, 0.05) is 24.7 Å². The summed E-state index contributed by atoms with van der Waals surface area (Å²) in [7, 11) is 0.487. The molecule has 0 spiro atoms. The molecule has 0 N–H and O–H groups in total. The van der Waals surface area contributed by atoms with Gasteiger partial charge in [0.2, 0.25) is 0 Å². The molecule has 0 unspecified atom stereocenters. The largest absolute Gasteiger partial charge is 0.340 e. The van der Waals surface area contributed by atoms with Crippen molar-refractivity contribution in [3.8, 4) is 0 Å². The molecule has 5 aromatic carbocycles. The van der Waals surface area contributed by atoms with Crippen molar-refractivity contribution >= 4 is 37.4 Å². The number of rotatable bonds is 10. The van der Waals surface area contributed by atoms with Gasteiger partial charge in [0.1, 0.15) is 6.10 Å². The first-order valence-corrected chi connectivity index (χ1v) is 15.5. The maximum atomic E-state index is 7.25. The highest BCUT2D eigenvalue weighted by molar-refractivity contribution is 7.70. The average molecular weight is 534 g/mol. The van der Waals surface area contributed by atoms with Gasteiger partial charge in [-0.1, -0.05) is 152 Å². The van der Waals surface area contributed by atoms with E-state index in [-0.39, 0.29) is 12.1 Å². The summed E-state index contributed by atoms with van der Waals surface area (Å²) in [5.41, 5.74) is 1.20. The van der Waals surface area contributed by atoms with E-state index in [4.69, 9.17) is 4.52 Å². The quantitative estimate of drug-likeness (QED) is 0.177. The number of hydrogen-bond acceptors (Lipinski definition) is 2. The molecule has 0 fully saturated rings. The molecule has 0 saturated carbocycles. The molecule has 0 aliphatic rings. The topological polar surface area (TPSA) is 12.5 Å². The van der Waals surface area contributed by atoms with Gasteiger partial charge in [0.25, 0.3) is 0 Å². The molecule has 0 bridgehead atoms. The van der Waals surface area contributed by atoms with Gasteiger partial charge in [-0.15, -0.1) is 0 Å². The van der Waals surface area contributed by atoms with Crippen molar-refractivity contribution in [2.45, 2.75) is 19.1 Å². The molecule has 38 heavy (non-hydrogen) atoms. The van der Waals surface area contributed by atoms with Crippen LogP contribution in [0.4, 0.5) is 0 Å². The van der Waals surface area contributed by atoms with E-state index in [0.717, 1.165) is 0 Å². The van der Waals surface area contributed by atoms with Gasteiger partial charge < -0.3 is 4.52 Å². The highest BCUT2D eigenvalue weighted by Gasteiger charge is 2.32. The first-order valence-electron chi connectivity index (χ1n) is 13.0. The van der Waals surface area contributed by atoms with E-state index in [1.807, 2.05) is 0 Å². The lowest BCUT2D eigenvalue weighted by Gasteiger charge is -2.39. The van der Waals surface area contributed by atoms with Gasteiger partial charge in [0.15, 0.2) is 0 Å². The second kappa shape index (κ2) is 13.1. The maximum Gasteiger partial charge on any atom is 0.103 e. The Labute approximate surface area is 229 Å². The zero-order valence-electron chi connectivity index (χ0n) is 21.8. The van der Waals surface area contributed by atoms with Crippen LogP contribution in [-0.2, 0) is 4.52 Å². The van der Waals surface area contributed by atoms with Crippen LogP contribution in [-0.4, -0.2) is 17.8 Å². The molecule has 0 amide bonds. The lowest BCUT2D eigenvalue weighted by molar-refractivity contribution is 0.154. The average Bonchev–Trinajstić information content (AvgIpc) is 3.00. The SMILES string of the molecule is C[C@@H]([C@H](OP(c1ccccc1)c1ccccc1)c1ccccc1)N(C)P(c1ccccc1)c1ccccc1. The van der Waals surface area contributed by atoms with Crippen LogP contribution in [0.25, 0.3) is 0 Å². The monoisotopic (exact) mass is 533 g/mol. The summed E-state index contributed by atoms with van der Waals surface area (Å²) in [4.78, 5) is 0. The fourth-order valence-corrected chi connectivity index (χ4v) is 8.98. The van der Waals surface area contributed by atoms with Crippen LogP contribution in [0.5, 0.6) is 0 Å². The predicted molar refractivity (Wildman–Crippen MR) is 166 cm³/mol. The fourth-order valence-electron chi connectivity index (χ4n) is 4.61. The van der Waals surface area contributed by atoms with Gasteiger partial charge >= 0.3 is 0 Å². The molecule has 4 heteroatoms. The third kappa shape index (κ3) is 6.29. The molecule has 0 aliphatic heterocycles. The molecule has 0 radical (unpaired) electrons. The van der Waals surface area contributed by atoms with Gasteiger partial charge in [-0.05, 0) is 30.1 Å². The Hall–Kier alpha value is -3.12. The standard InChI is InChI=1S/C34H33NOP2/c1-28(35(2)37(30-20-10-4-11-21-30)31-22-12-5-13-23-31)34(29-18-8-3-9-19-29)36-38(32-24-14-6-15-25-32)33-26-16-7-17-27-33/h3-28,34H,1-2H3/t28-,34-/m0/s1. The van der Waals surface area contributed by atoms with Crippen molar-refractivity contribution in [3.05, 3.63) is 157 Å². The van der Waals surface area contributed by atoms with E-state index in [9.17, 15) is 0 Å². The summed E-state index contributed by atoms with van der Waals surface area (Å²) in [6.45, 7) is 2.31. The van der Waals surface area contributed by atoms with Gasteiger partial charge in [0.05, 0.1) is 8.15 Å². The number of nitrogens with zero attached hydrogens (tertiary/aromatic N) is 1. The van der Waals surface area contributed by atoms with Crippen LogP contribution in [0.2, 0.25) is 0 Å². The summed E-state index contributed by atoms with van der Waals surface area (Å²) >= 11 is 0. The van der Waals surface area contributed by atoms with Crippen LogP contribution in [0, 0.1) is 0 Å². The minimum absolute atomic E-state index is 0.112. The summed E-state index contributed by atoms with van der Waals surface area (Å²) in [6, 6.07) is 53.9. The second-order valence-electron chi connectivity index (χ2n) is 9.20. The lowest BCUT2D eigenvalue weighted by atomic mass is 10.0. The Morgan fingerprint density at radius 2 is 0.842 bits per heavy atom. The molecular formula is C34H33NOP2. The molecule has 190 valence electrons. The van der Waals surface area contributed by atoms with E-state index < -0.39 is 16.2 Å². The molecule has 0 saturated heterocycles. The van der Waals surface area contributed by atoms with Crippen LogP contribution in [0.15, 0.2) is 152 Å². The van der Waals surface area contributed by atoms with Crippen molar-refractivity contribution in [1.29, 1.82) is 0 Å². The summed E-state index contributed by atoms with van der Waals surface area (Å²) < 4.78 is 9.78. The van der Waals surface area contributed by atoms with Crippen LogP contribution >= 0.6 is 16.2 Å². The first kappa shape index (κ1) is 26.5. The Bertz CT molecular complexity index is 1290. The normalized spacial score (nSPS) is 13.1. The highest BCUT2D eigenvalue weighted by atomic mass is 31.1. The van der Waals surface area contributed by atoms with Crippen molar-refractivity contribution in [1.82, 2.24) is 4.67 Å². The molecule has 0 heterocycles. The van der Waals surface area contributed by atoms with Crippen LogP contribution < -0.4 is 21.2 Å². The lowest BCUT2D eigenvalue weighted by Crippen LogP contribution is -2.37. The van der Waals surface area contributed by atoms with E-state index >= 15 is 0 Å². The molecule has 0 aliphatic carbocycles. The summed E-state index contributed by atoms with van der Waals surface area (Å²) in [6.07, 6.45) is -0.120. The number of hydrogen-bond donors (Lipinski definition) is 0. The Morgan fingerprint density at radius 1 is 0.500 bits per heavy atom. The van der Waals surface area contributed by atoms with Gasteiger partial charge in [-0.3, -0.25) is 4.67 Å². The Kier molecular flexibility index (Phi) is 9.13. The third-order valence-corrected chi connectivity index (χ3v) is 11.2. The van der Waals surface area contributed by atoms with Gasteiger partial charge in [-0.2, -0.15) is 0 Å². The minimum atomic E-state index is -1.02. The minimum Gasteiger partial charge on any atom is -0.340 e. The summed E-state index contributed by atoms with van der Waals surface area (Å²) in [5.74, 6) is 0. The first-order chi connectivity index (χ1) is 18.7. The number of benzene rings is 5. The third-order valence-electron chi connectivity index (χ3n) is 6.67. The zero-order chi connectivity index (χ0) is 26.2. The van der Waals surface area contributed by atoms with Crippen molar-refractivity contribution in [2.24, 2.45) is 0 Å². The predicted octanol–water partition coefficient (Wildman–Crippen LogP) is 7.16. The molecule has 2 atom stereocenters. The fraction of sp³-hybridized carbons (Fsp3) is 0.118. The van der Waals surface area contributed by atoms with Crippen molar-refractivity contribution < 1.29 is 4.52 Å². The van der Waals surface area contributed by atoms with E-state index in [0.29, 0.717) is 0 Å². The van der Waals surface area contributed by atoms with Crippen LogP contribution in [0.1, 0.15) is 18.6 Å². The summed E-state index contributed by atoms with van der Waals surface area (Å²) in [5, 5.41) is 5.11. The second-order valence-corrected chi connectivity index (χ2v) is 13.3. The molecule has 2 nitrogen and oxygen atoms in total. The van der Waals surface area contributed by atoms with Crippen molar-refractivity contribution in [2.75, 3.05) is 7.05 Å². The smallest absolute Gasteiger partial charge is 0.103 e. The Morgan fingerprint density at radius 3 is 1.24 bits per heavy atom. The van der Waals surface area contributed by atoms with E-state index in [1.165, 1.54) is 26.8 Å². The molecule has 0 aromatic heterocycles. The van der Waals surface area contributed by atoms with E-state index in [1.54, 1.807) is 0 Å². The molecule has 5 aromatic rings. The number of likely N-dealkylation sites (N-methyl/N-ethyl adjacent to an activating group) is 1. The maximum absolute atomic E-state index is 7.25. The zero-order valence-corrected chi connectivity index (χ0v) is 23.6. The van der Waals surface area contributed by atoms with Gasteiger partial charge in [-0.25, -0.2) is 0 Å². The van der Waals surface area contributed by atoms with Crippen molar-refractivity contribution in [3.63, 3.8) is 0 Å². The molecule has 5 rings (SSSR count). The highest BCUT2D eigenvalue weighted by Crippen LogP contribution is 2.47.